The number of methoxy groups -OCH3 is 1. The fourth-order valence-corrected chi connectivity index (χ4v) is 5.46. The lowest BCUT2D eigenvalue weighted by Gasteiger charge is -2.13. The number of pyridine rings is 1. The molecule has 6 rings (SSSR count). The summed E-state index contributed by atoms with van der Waals surface area (Å²) < 4.78 is 16.7. The van der Waals surface area contributed by atoms with Gasteiger partial charge in [-0.3, -0.25) is 4.98 Å². The summed E-state index contributed by atoms with van der Waals surface area (Å²) in [4.78, 5) is 21.9. The Kier molecular flexibility index (Phi) is 7.40. The number of benzene rings is 2. The van der Waals surface area contributed by atoms with Crippen molar-refractivity contribution in [3.05, 3.63) is 97.9 Å². The molecule has 0 saturated heterocycles. The molecule has 1 atom stereocenters. The molecule has 8 nitrogen and oxygen atoms in total. The summed E-state index contributed by atoms with van der Waals surface area (Å²) in [6, 6.07) is 13.9. The molecule has 0 amide bonds. The zero-order valence-corrected chi connectivity index (χ0v) is 23.5. The van der Waals surface area contributed by atoms with Crippen LogP contribution in [0.4, 0.5) is 0 Å². The molecule has 0 radical (unpaired) electrons. The van der Waals surface area contributed by atoms with Crippen molar-refractivity contribution >= 4 is 46.5 Å². The maximum atomic E-state index is 11.9. The molecule has 1 aliphatic heterocycles. The Morgan fingerprint density at radius 1 is 1.05 bits per heavy atom. The van der Waals surface area contributed by atoms with Crippen molar-refractivity contribution in [3.8, 4) is 17.0 Å². The number of esters is 1. The van der Waals surface area contributed by atoms with Gasteiger partial charge in [0.1, 0.15) is 29.5 Å². The number of oxime groups is 1. The minimum Gasteiger partial charge on any atom is -0.489 e. The largest absolute Gasteiger partial charge is 0.489 e. The van der Waals surface area contributed by atoms with Gasteiger partial charge in [0.2, 0.25) is 0 Å². The first-order chi connectivity index (χ1) is 19.4. The van der Waals surface area contributed by atoms with E-state index in [-0.39, 0.29) is 6.61 Å². The SMILES string of the molecule is COC(=O)c1ccnc(C2=NOC(c3ccc(OCc4c(-c5c(Cl)cccc5Cl)noc4C4CC4)cc3Cl)C2)c1. The van der Waals surface area contributed by atoms with Crippen LogP contribution in [-0.4, -0.2) is 28.9 Å². The van der Waals surface area contributed by atoms with Crippen LogP contribution >= 0.6 is 34.8 Å². The molecule has 2 aliphatic rings. The van der Waals surface area contributed by atoms with Crippen LogP contribution in [0.5, 0.6) is 5.75 Å². The number of carbonyl (C=O) groups is 1. The van der Waals surface area contributed by atoms with E-state index < -0.39 is 12.1 Å². The Morgan fingerprint density at radius 3 is 2.58 bits per heavy atom. The highest BCUT2D eigenvalue weighted by molar-refractivity contribution is 6.39. The Bertz CT molecular complexity index is 1610. The number of halogens is 3. The maximum absolute atomic E-state index is 11.9. The molecule has 2 aromatic carbocycles. The van der Waals surface area contributed by atoms with Crippen LogP contribution in [0.1, 0.15) is 64.2 Å². The number of rotatable bonds is 8. The zero-order valence-electron chi connectivity index (χ0n) is 21.2. The lowest BCUT2D eigenvalue weighted by molar-refractivity contribution is 0.0600. The highest BCUT2D eigenvalue weighted by Crippen LogP contribution is 2.46. The molecule has 2 aromatic heterocycles. The third kappa shape index (κ3) is 5.27. The molecule has 1 unspecified atom stereocenters. The molecular formula is C29H22Cl3N3O5. The topological polar surface area (TPSA) is 96.0 Å². The Balaban J connectivity index is 1.18. The van der Waals surface area contributed by atoms with Gasteiger partial charge in [0, 0.05) is 29.7 Å². The van der Waals surface area contributed by atoms with E-state index in [1.165, 1.54) is 13.3 Å². The molecule has 204 valence electrons. The molecule has 0 spiro atoms. The van der Waals surface area contributed by atoms with E-state index in [0.717, 1.165) is 29.7 Å². The van der Waals surface area contributed by atoms with Gasteiger partial charge in [0.05, 0.1) is 39.0 Å². The van der Waals surface area contributed by atoms with Crippen LogP contribution in [0.3, 0.4) is 0 Å². The third-order valence-corrected chi connectivity index (χ3v) is 7.77. The number of hydrogen-bond donors (Lipinski definition) is 0. The molecule has 0 bridgehead atoms. The number of hydrogen-bond acceptors (Lipinski definition) is 8. The van der Waals surface area contributed by atoms with Crippen molar-refractivity contribution in [2.75, 3.05) is 7.11 Å². The summed E-state index contributed by atoms with van der Waals surface area (Å²) in [6.07, 6.45) is 3.63. The predicted molar refractivity (Wildman–Crippen MR) is 150 cm³/mol. The Labute approximate surface area is 244 Å². The normalized spacial score (nSPS) is 16.4. The highest BCUT2D eigenvalue weighted by atomic mass is 35.5. The lowest BCUT2D eigenvalue weighted by atomic mass is 10.0. The molecule has 40 heavy (non-hydrogen) atoms. The van der Waals surface area contributed by atoms with Crippen molar-refractivity contribution in [2.45, 2.75) is 37.9 Å². The summed E-state index contributed by atoms with van der Waals surface area (Å²) in [5, 5.41) is 9.94. The van der Waals surface area contributed by atoms with E-state index >= 15 is 0 Å². The first-order valence-electron chi connectivity index (χ1n) is 12.6. The zero-order chi connectivity index (χ0) is 27.8. The first kappa shape index (κ1) is 26.6. The summed E-state index contributed by atoms with van der Waals surface area (Å²) in [5.41, 5.74) is 4.30. The molecule has 1 aliphatic carbocycles. The molecule has 1 fully saturated rings. The van der Waals surface area contributed by atoms with E-state index in [1.54, 1.807) is 36.4 Å². The number of carbonyl (C=O) groups excluding carboxylic acids is 1. The van der Waals surface area contributed by atoms with Gasteiger partial charge >= 0.3 is 5.97 Å². The maximum Gasteiger partial charge on any atom is 0.337 e. The molecule has 0 N–H and O–H groups in total. The van der Waals surface area contributed by atoms with Gasteiger partial charge < -0.3 is 18.8 Å². The number of ether oxygens (including phenoxy) is 2. The standard InChI is InChI=1S/C29H22Cl3N3O5/c1-37-29(36)16-9-10-33-23(11-16)24-13-25(39-34-24)18-8-7-17(12-22(18)32)38-14-19-27(35-40-28(19)15-5-6-15)26-20(30)3-2-4-21(26)31/h2-4,7-12,15,25H,5-6,13-14H2,1H3. The van der Waals surface area contributed by atoms with Crippen molar-refractivity contribution in [3.63, 3.8) is 0 Å². The van der Waals surface area contributed by atoms with E-state index in [0.29, 0.717) is 61.4 Å². The van der Waals surface area contributed by atoms with Crippen LogP contribution in [-0.2, 0) is 16.2 Å². The second-order valence-electron chi connectivity index (χ2n) is 9.47. The van der Waals surface area contributed by atoms with Gasteiger partial charge in [-0.15, -0.1) is 0 Å². The Hall–Kier alpha value is -3.59. The highest BCUT2D eigenvalue weighted by Gasteiger charge is 2.34. The lowest BCUT2D eigenvalue weighted by Crippen LogP contribution is -2.07. The second kappa shape index (κ2) is 11.1. The van der Waals surface area contributed by atoms with Crippen LogP contribution < -0.4 is 4.74 Å². The predicted octanol–water partition coefficient (Wildman–Crippen LogP) is 7.81. The van der Waals surface area contributed by atoms with Gasteiger partial charge in [-0.2, -0.15) is 0 Å². The van der Waals surface area contributed by atoms with Crippen LogP contribution in [0, 0.1) is 0 Å². The average molecular weight is 599 g/mol. The van der Waals surface area contributed by atoms with Gasteiger partial charge in [-0.1, -0.05) is 57.2 Å². The molecule has 1 saturated carbocycles. The number of nitrogens with zero attached hydrogens (tertiary/aromatic N) is 3. The van der Waals surface area contributed by atoms with Gasteiger partial charge in [-0.05, 0) is 49.2 Å². The summed E-state index contributed by atoms with van der Waals surface area (Å²) in [5.74, 6) is 1.22. The summed E-state index contributed by atoms with van der Waals surface area (Å²) in [7, 11) is 1.33. The quantitative estimate of drug-likeness (QED) is 0.191. The molecule has 3 heterocycles. The smallest absolute Gasteiger partial charge is 0.337 e. The summed E-state index contributed by atoms with van der Waals surface area (Å²) >= 11 is 19.6. The van der Waals surface area contributed by atoms with Crippen molar-refractivity contribution in [2.24, 2.45) is 5.16 Å². The van der Waals surface area contributed by atoms with E-state index in [9.17, 15) is 4.79 Å². The van der Waals surface area contributed by atoms with Crippen LogP contribution in [0.15, 0.2) is 64.4 Å². The monoisotopic (exact) mass is 597 g/mol. The van der Waals surface area contributed by atoms with Crippen molar-refractivity contribution in [1.82, 2.24) is 10.1 Å². The van der Waals surface area contributed by atoms with Gasteiger partial charge in [-0.25, -0.2) is 4.79 Å². The average Bonchev–Trinajstić information content (AvgIpc) is 3.53. The van der Waals surface area contributed by atoms with E-state index in [2.05, 4.69) is 15.3 Å². The molecule has 11 heteroatoms. The Morgan fingerprint density at radius 2 is 1.85 bits per heavy atom. The second-order valence-corrected chi connectivity index (χ2v) is 10.7. The van der Waals surface area contributed by atoms with Crippen molar-refractivity contribution < 1.29 is 23.6 Å². The van der Waals surface area contributed by atoms with Crippen molar-refractivity contribution in [1.29, 1.82) is 0 Å². The fraction of sp³-hybridized carbons (Fsp3) is 0.241. The van der Waals surface area contributed by atoms with Gasteiger partial charge in [0.15, 0.2) is 6.10 Å². The fourth-order valence-electron chi connectivity index (χ4n) is 4.59. The van der Waals surface area contributed by atoms with Gasteiger partial charge in [0.25, 0.3) is 0 Å². The number of aromatic nitrogens is 2. The minimum atomic E-state index is -0.448. The van der Waals surface area contributed by atoms with E-state index in [1.807, 2.05) is 12.1 Å². The molecular weight excluding hydrogens is 577 g/mol. The van der Waals surface area contributed by atoms with Crippen LogP contribution in [0.2, 0.25) is 15.1 Å². The first-order valence-corrected chi connectivity index (χ1v) is 13.7. The van der Waals surface area contributed by atoms with Crippen LogP contribution in [0.25, 0.3) is 11.3 Å². The summed E-state index contributed by atoms with van der Waals surface area (Å²) in [6.45, 7) is 0.206. The minimum absolute atomic E-state index is 0.206. The van der Waals surface area contributed by atoms with E-state index in [4.69, 9.17) is 53.6 Å². The third-order valence-electron chi connectivity index (χ3n) is 6.81. The molecule has 4 aromatic rings.